The van der Waals surface area contributed by atoms with Gasteiger partial charge in [-0.15, -0.1) is 0 Å². The minimum atomic E-state index is 0.172. The molecule has 1 atom stereocenters. The summed E-state index contributed by atoms with van der Waals surface area (Å²) in [6.45, 7) is 1.46. The molecule has 2 aromatic rings. The Morgan fingerprint density at radius 1 is 1.47 bits per heavy atom. The monoisotopic (exact) mass is 205 g/mol. The Morgan fingerprint density at radius 2 is 2.47 bits per heavy atom. The number of nitrogens with zero attached hydrogens (tertiary/aromatic N) is 3. The summed E-state index contributed by atoms with van der Waals surface area (Å²) in [5.41, 5.74) is 0.824. The van der Waals surface area contributed by atoms with E-state index in [9.17, 15) is 0 Å². The molecular formula is C10H11N3O2. The van der Waals surface area contributed by atoms with Crippen LogP contribution in [-0.4, -0.2) is 33.9 Å². The lowest BCUT2D eigenvalue weighted by atomic mass is 10.3. The van der Waals surface area contributed by atoms with Crippen molar-refractivity contribution in [1.82, 2.24) is 14.6 Å². The van der Waals surface area contributed by atoms with E-state index in [2.05, 4.69) is 10.1 Å². The van der Waals surface area contributed by atoms with Crippen LogP contribution in [0, 0.1) is 0 Å². The zero-order chi connectivity index (χ0) is 10.1. The molecule has 1 aliphatic heterocycles. The Balaban J connectivity index is 1.84. The van der Waals surface area contributed by atoms with E-state index >= 15 is 0 Å². The number of hydrogen-bond donors (Lipinski definition) is 0. The second-order valence-electron chi connectivity index (χ2n) is 3.53. The van der Waals surface area contributed by atoms with E-state index in [1.807, 2.05) is 18.3 Å². The fraction of sp³-hybridized carbons (Fsp3) is 0.400. The molecule has 1 unspecified atom stereocenters. The van der Waals surface area contributed by atoms with Crippen molar-refractivity contribution in [2.75, 3.05) is 13.2 Å². The summed E-state index contributed by atoms with van der Waals surface area (Å²) < 4.78 is 12.7. The van der Waals surface area contributed by atoms with Crippen molar-refractivity contribution in [2.45, 2.75) is 12.5 Å². The average Bonchev–Trinajstić information content (AvgIpc) is 2.87. The fourth-order valence-corrected chi connectivity index (χ4v) is 1.67. The summed E-state index contributed by atoms with van der Waals surface area (Å²) in [7, 11) is 0. The molecule has 5 heteroatoms. The zero-order valence-electron chi connectivity index (χ0n) is 8.17. The highest BCUT2D eigenvalue weighted by molar-refractivity contribution is 5.39. The third-order valence-electron chi connectivity index (χ3n) is 2.44. The van der Waals surface area contributed by atoms with E-state index in [4.69, 9.17) is 9.47 Å². The Labute approximate surface area is 86.6 Å². The first-order chi connectivity index (χ1) is 7.42. The number of rotatable bonds is 2. The highest BCUT2D eigenvalue weighted by Crippen LogP contribution is 2.16. The standard InChI is InChI=1S/C10H11N3O2/c1-2-10-11-7-12-13(10)5-8(1)15-9-3-4-14-6-9/h1-2,5,7,9H,3-4,6H2. The van der Waals surface area contributed by atoms with Crippen LogP contribution in [0.15, 0.2) is 24.7 Å². The van der Waals surface area contributed by atoms with Gasteiger partial charge in [-0.05, 0) is 12.1 Å². The molecular weight excluding hydrogens is 194 g/mol. The zero-order valence-corrected chi connectivity index (χ0v) is 8.17. The van der Waals surface area contributed by atoms with Gasteiger partial charge in [0.25, 0.3) is 0 Å². The molecule has 1 fully saturated rings. The Morgan fingerprint density at radius 3 is 3.33 bits per heavy atom. The molecule has 3 rings (SSSR count). The Bertz CT molecular complexity index is 462. The predicted molar refractivity (Wildman–Crippen MR) is 52.8 cm³/mol. The smallest absolute Gasteiger partial charge is 0.155 e. The molecule has 0 spiro atoms. The van der Waals surface area contributed by atoms with Crippen LogP contribution in [0.3, 0.4) is 0 Å². The van der Waals surface area contributed by atoms with Gasteiger partial charge in [-0.25, -0.2) is 9.50 Å². The first-order valence-corrected chi connectivity index (χ1v) is 4.95. The van der Waals surface area contributed by atoms with Crippen LogP contribution in [0.5, 0.6) is 5.75 Å². The van der Waals surface area contributed by atoms with Crippen molar-refractivity contribution in [3.63, 3.8) is 0 Å². The third-order valence-corrected chi connectivity index (χ3v) is 2.44. The first-order valence-electron chi connectivity index (χ1n) is 4.95. The molecule has 0 N–H and O–H groups in total. The molecule has 1 aliphatic rings. The Kier molecular flexibility index (Phi) is 2.03. The van der Waals surface area contributed by atoms with E-state index in [-0.39, 0.29) is 6.10 Å². The fourth-order valence-electron chi connectivity index (χ4n) is 1.67. The summed E-state index contributed by atoms with van der Waals surface area (Å²) in [5.74, 6) is 0.809. The average molecular weight is 205 g/mol. The SMILES string of the molecule is c1nc2ccc(OC3CCOC3)cn2n1. The third kappa shape index (κ3) is 1.66. The largest absolute Gasteiger partial charge is 0.486 e. The Hall–Kier alpha value is -1.62. The molecule has 5 nitrogen and oxygen atoms in total. The number of hydrogen-bond acceptors (Lipinski definition) is 4. The molecule has 0 aromatic carbocycles. The van der Waals surface area contributed by atoms with E-state index in [1.54, 1.807) is 4.52 Å². The van der Waals surface area contributed by atoms with Crippen molar-refractivity contribution in [1.29, 1.82) is 0 Å². The molecule has 0 saturated carbocycles. The highest BCUT2D eigenvalue weighted by Gasteiger charge is 2.17. The van der Waals surface area contributed by atoms with Gasteiger partial charge >= 0.3 is 0 Å². The van der Waals surface area contributed by atoms with E-state index in [0.29, 0.717) is 6.61 Å². The van der Waals surface area contributed by atoms with Crippen molar-refractivity contribution in [2.24, 2.45) is 0 Å². The lowest BCUT2D eigenvalue weighted by Gasteiger charge is -2.11. The highest BCUT2D eigenvalue weighted by atomic mass is 16.5. The molecule has 0 bridgehead atoms. The number of aromatic nitrogens is 3. The van der Waals surface area contributed by atoms with E-state index < -0.39 is 0 Å². The van der Waals surface area contributed by atoms with Crippen LogP contribution in [0.2, 0.25) is 0 Å². The number of ether oxygens (including phenoxy) is 2. The molecule has 0 amide bonds. The van der Waals surface area contributed by atoms with Crippen LogP contribution >= 0.6 is 0 Å². The van der Waals surface area contributed by atoms with Crippen molar-refractivity contribution >= 4 is 5.65 Å². The van der Waals surface area contributed by atoms with Crippen LogP contribution in [0.1, 0.15) is 6.42 Å². The predicted octanol–water partition coefficient (Wildman–Crippen LogP) is 0.897. The maximum Gasteiger partial charge on any atom is 0.155 e. The van der Waals surface area contributed by atoms with Gasteiger partial charge < -0.3 is 9.47 Å². The molecule has 3 heterocycles. The van der Waals surface area contributed by atoms with E-state index in [0.717, 1.165) is 24.4 Å². The molecule has 0 aliphatic carbocycles. The van der Waals surface area contributed by atoms with Gasteiger partial charge in [0.1, 0.15) is 18.2 Å². The van der Waals surface area contributed by atoms with Crippen molar-refractivity contribution in [3.05, 3.63) is 24.7 Å². The van der Waals surface area contributed by atoms with Crippen LogP contribution < -0.4 is 4.74 Å². The first kappa shape index (κ1) is 8.67. The van der Waals surface area contributed by atoms with Gasteiger partial charge in [0.05, 0.1) is 19.4 Å². The normalized spacial score (nSPS) is 20.9. The van der Waals surface area contributed by atoms with Gasteiger partial charge in [-0.3, -0.25) is 0 Å². The van der Waals surface area contributed by atoms with Gasteiger partial charge in [0, 0.05) is 6.42 Å². The maximum absolute atomic E-state index is 5.74. The van der Waals surface area contributed by atoms with Gasteiger partial charge in [0.15, 0.2) is 5.65 Å². The number of pyridine rings is 1. The van der Waals surface area contributed by atoms with Gasteiger partial charge in [0.2, 0.25) is 0 Å². The molecule has 78 valence electrons. The second-order valence-corrected chi connectivity index (χ2v) is 3.53. The summed E-state index contributed by atoms with van der Waals surface area (Å²) in [4.78, 5) is 4.06. The van der Waals surface area contributed by atoms with Crippen molar-refractivity contribution in [3.8, 4) is 5.75 Å². The quantitative estimate of drug-likeness (QED) is 0.730. The van der Waals surface area contributed by atoms with Crippen LogP contribution in [0.4, 0.5) is 0 Å². The molecule has 0 radical (unpaired) electrons. The summed E-state index contributed by atoms with van der Waals surface area (Å²) >= 11 is 0. The van der Waals surface area contributed by atoms with E-state index in [1.165, 1.54) is 6.33 Å². The summed E-state index contributed by atoms with van der Waals surface area (Å²) in [6.07, 6.45) is 4.49. The van der Waals surface area contributed by atoms with Gasteiger partial charge in [-0.1, -0.05) is 0 Å². The number of fused-ring (bicyclic) bond motifs is 1. The lowest BCUT2D eigenvalue weighted by Crippen LogP contribution is -2.15. The summed E-state index contributed by atoms with van der Waals surface area (Å²) in [5, 5.41) is 4.05. The van der Waals surface area contributed by atoms with Crippen LogP contribution in [-0.2, 0) is 4.74 Å². The maximum atomic E-state index is 5.74. The second kappa shape index (κ2) is 3.51. The molecule has 2 aromatic heterocycles. The van der Waals surface area contributed by atoms with Crippen LogP contribution in [0.25, 0.3) is 5.65 Å². The van der Waals surface area contributed by atoms with Crippen molar-refractivity contribution < 1.29 is 9.47 Å². The van der Waals surface area contributed by atoms with Gasteiger partial charge in [-0.2, -0.15) is 5.10 Å². The lowest BCUT2D eigenvalue weighted by molar-refractivity contribution is 0.141. The minimum absolute atomic E-state index is 0.172. The molecule has 1 saturated heterocycles. The molecule has 15 heavy (non-hydrogen) atoms. The minimum Gasteiger partial charge on any atom is -0.486 e. The summed E-state index contributed by atoms with van der Waals surface area (Å²) in [6, 6.07) is 3.79. The topological polar surface area (TPSA) is 48.7 Å².